The van der Waals surface area contributed by atoms with Crippen molar-refractivity contribution in [2.24, 2.45) is 0 Å². The number of hydrogen-bond acceptors (Lipinski definition) is 0. The maximum absolute atomic E-state index is 3.50. The van der Waals surface area contributed by atoms with Gasteiger partial charge < -0.3 is 10.6 Å². The van der Waals surface area contributed by atoms with E-state index in [1.807, 2.05) is 0 Å². The van der Waals surface area contributed by atoms with Crippen LogP contribution in [-0.2, 0) is 26.2 Å². The molecule has 0 fully saturated rings. The molecule has 3 heteroatoms. The molecule has 2 aromatic carbocycles. The standard InChI is InChI=1S/2C7H9.2C2H6N.Zr/c2*1-6-3-4-7(2)5-6;2*1-3-2;/h2*3-5H,1-2H3;2*1-2H3;/q4*-1;+4. The smallest absolute Gasteiger partial charge is 0.668 e. The second-order valence-electron chi connectivity index (χ2n) is 4.83. The fraction of sp³-hybridized carbons (Fsp3) is 0.444. The molecule has 0 saturated carbocycles. The van der Waals surface area contributed by atoms with Crippen LogP contribution in [0.5, 0.6) is 0 Å². The van der Waals surface area contributed by atoms with Crippen molar-refractivity contribution >= 4 is 0 Å². The summed E-state index contributed by atoms with van der Waals surface area (Å²) in [6.07, 6.45) is 0. The fourth-order valence-electron chi connectivity index (χ4n) is 1.44. The van der Waals surface area contributed by atoms with E-state index in [2.05, 4.69) is 74.7 Å². The molecule has 0 spiro atoms. The first-order valence-corrected chi connectivity index (χ1v) is 6.76. The fourth-order valence-corrected chi connectivity index (χ4v) is 1.44. The molecule has 0 N–H and O–H groups in total. The van der Waals surface area contributed by atoms with Crippen LogP contribution in [0.25, 0.3) is 10.6 Å². The van der Waals surface area contributed by atoms with Crippen molar-refractivity contribution in [1.29, 1.82) is 0 Å². The Labute approximate surface area is 151 Å². The third-order valence-electron chi connectivity index (χ3n) is 2.13. The summed E-state index contributed by atoms with van der Waals surface area (Å²) in [7, 11) is 7.00. The molecule has 0 aliphatic rings. The Hall–Kier alpha value is -0.497. The van der Waals surface area contributed by atoms with Gasteiger partial charge in [0.1, 0.15) is 0 Å². The average Bonchev–Trinajstić information content (AvgIpc) is 2.90. The zero-order chi connectivity index (χ0) is 16.0. The van der Waals surface area contributed by atoms with Crippen molar-refractivity contribution in [3.63, 3.8) is 0 Å². The maximum Gasteiger partial charge on any atom is 4.00 e. The van der Waals surface area contributed by atoms with Crippen LogP contribution in [0.15, 0.2) is 36.4 Å². The molecule has 0 amide bonds. The van der Waals surface area contributed by atoms with Crippen LogP contribution in [0.3, 0.4) is 0 Å². The van der Waals surface area contributed by atoms with E-state index >= 15 is 0 Å². The minimum atomic E-state index is 0. The average molecular weight is 366 g/mol. The second kappa shape index (κ2) is 17.6. The minimum absolute atomic E-state index is 0. The summed E-state index contributed by atoms with van der Waals surface area (Å²) in [5, 5.41) is 7.00. The van der Waals surface area contributed by atoms with E-state index in [1.165, 1.54) is 22.3 Å². The number of rotatable bonds is 0. The quantitative estimate of drug-likeness (QED) is 0.568. The predicted molar refractivity (Wildman–Crippen MR) is 93.4 cm³/mol. The molecule has 0 bridgehead atoms. The van der Waals surface area contributed by atoms with Crippen molar-refractivity contribution < 1.29 is 26.2 Å². The van der Waals surface area contributed by atoms with Crippen LogP contribution in [0.1, 0.15) is 22.3 Å². The summed E-state index contributed by atoms with van der Waals surface area (Å²) in [4.78, 5) is 0. The van der Waals surface area contributed by atoms with E-state index in [9.17, 15) is 0 Å². The summed E-state index contributed by atoms with van der Waals surface area (Å²) < 4.78 is 0. The number of nitrogens with zero attached hydrogens (tertiary/aromatic N) is 2. The first-order valence-electron chi connectivity index (χ1n) is 6.76. The van der Waals surface area contributed by atoms with E-state index in [4.69, 9.17) is 0 Å². The van der Waals surface area contributed by atoms with Gasteiger partial charge in [-0.2, -0.15) is 63.6 Å². The molecule has 0 saturated heterocycles. The molecule has 0 heterocycles. The van der Waals surface area contributed by atoms with Crippen LogP contribution in [0, 0.1) is 27.7 Å². The molecule has 0 aliphatic carbocycles. The predicted octanol–water partition coefficient (Wildman–Crippen LogP) is 5.28. The van der Waals surface area contributed by atoms with Gasteiger partial charge in [0.25, 0.3) is 0 Å². The van der Waals surface area contributed by atoms with Gasteiger partial charge in [0.15, 0.2) is 0 Å². The maximum atomic E-state index is 3.50. The van der Waals surface area contributed by atoms with Gasteiger partial charge >= 0.3 is 26.2 Å². The van der Waals surface area contributed by atoms with Crippen LogP contribution in [0.4, 0.5) is 0 Å². The Kier molecular flexibility index (Phi) is 21.3. The first-order chi connectivity index (χ1) is 9.40. The van der Waals surface area contributed by atoms with E-state index in [-0.39, 0.29) is 26.2 Å². The first kappa shape index (κ1) is 25.5. The monoisotopic (exact) mass is 364 g/mol. The Morgan fingerprint density at radius 3 is 1.00 bits per heavy atom. The molecule has 116 valence electrons. The molecule has 0 aliphatic heterocycles. The van der Waals surface area contributed by atoms with Crippen molar-refractivity contribution in [3.8, 4) is 0 Å². The van der Waals surface area contributed by atoms with E-state index < -0.39 is 0 Å². The molecule has 0 unspecified atom stereocenters. The van der Waals surface area contributed by atoms with Gasteiger partial charge in [-0.3, -0.25) is 0 Å². The van der Waals surface area contributed by atoms with E-state index in [0.717, 1.165) is 0 Å². The van der Waals surface area contributed by atoms with Gasteiger partial charge in [-0.25, -0.2) is 23.3 Å². The SMILES string of the molecule is C[N-]C.C[N-]C.Cc1cc[c-](C)c1.Cc1cc[c-](C)c1.[Zr+4]. The molecular weight excluding hydrogens is 335 g/mol. The number of aryl methyl sites for hydroxylation is 4. The minimum Gasteiger partial charge on any atom is -0.668 e. The van der Waals surface area contributed by atoms with Gasteiger partial charge in [-0.05, 0) is 0 Å². The Morgan fingerprint density at radius 2 is 0.952 bits per heavy atom. The Morgan fingerprint density at radius 1 is 0.714 bits per heavy atom. The topological polar surface area (TPSA) is 28.2 Å². The zero-order valence-electron chi connectivity index (χ0n) is 14.9. The van der Waals surface area contributed by atoms with Crippen LogP contribution in [0.2, 0.25) is 0 Å². The second-order valence-corrected chi connectivity index (χ2v) is 4.83. The summed E-state index contributed by atoms with van der Waals surface area (Å²) in [5.41, 5.74) is 5.44. The Bertz CT molecular complexity index is 343. The van der Waals surface area contributed by atoms with Crippen LogP contribution < -0.4 is 0 Å². The summed E-state index contributed by atoms with van der Waals surface area (Å²) >= 11 is 0. The van der Waals surface area contributed by atoms with E-state index in [0.29, 0.717) is 0 Å². The number of hydrogen-bond donors (Lipinski definition) is 0. The third kappa shape index (κ3) is 19.5. The van der Waals surface area contributed by atoms with Crippen molar-refractivity contribution in [2.45, 2.75) is 27.7 Å². The molecule has 2 aromatic rings. The zero-order valence-corrected chi connectivity index (χ0v) is 17.3. The van der Waals surface area contributed by atoms with Crippen LogP contribution >= 0.6 is 0 Å². The summed E-state index contributed by atoms with van der Waals surface area (Å²) in [5.74, 6) is 0. The molecule has 21 heavy (non-hydrogen) atoms. The molecule has 2 nitrogen and oxygen atoms in total. The molecular formula is C18H30N2Zr. The molecule has 0 atom stereocenters. The van der Waals surface area contributed by atoms with Crippen molar-refractivity contribution in [2.75, 3.05) is 28.2 Å². The van der Waals surface area contributed by atoms with Crippen LogP contribution in [-0.4, -0.2) is 28.2 Å². The normalized spacial score (nSPS) is 8.00. The van der Waals surface area contributed by atoms with Crippen molar-refractivity contribution in [1.82, 2.24) is 0 Å². The van der Waals surface area contributed by atoms with Gasteiger partial charge in [-0.1, -0.05) is 27.7 Å². The molecule has 2 rings (SSSR count). The molecule has 0 aromatic heterocycles. The molecule has 0 radical (unpaired) electrons. The van der Waals surface area contributed by atoms with Gasteiger partial charge in [0, 0.05) is 0 Å². The largest absolute Gasteiger partial charge is 4.00 e. The summed E-state index contributed by atoms with van der Waals surface area (Å²) in [6.45, 7) is 8.42. The summed E-state index contributed by atoms with van der Waals surface area (Å²) in [6, 6.07) is 12.8. The van der Waals surface area contributed by atoms with Gasteiger partial charge in [-0.15, -0.1) is 0 Å². The van der Waals surface area contributed by atoms with Crippen molar-refractivity contribution in [3.05, 3.63) is 69.3 Å². The third-order valence-corrected chi connectivity index (χ3v) is 2.13. The van der Waals surface area contributed by atoms with Gasteiger partial charge in [0.2, 0.25) is 0 Å². The Balaban J connectivity index is -0.000000220. The van der Waals surface area contributed by atoms with E-state index in [1.54, 1.807) is 28.2 Å². The van der Waals surface area contributed by atoms with Gasteiger partial charge in [0.05, 0.1) is 0 Å².